The summed E-state index contributed by atoms with van der Waals surface area (Å²) in [5.41, 5.74) is 9.24. The molecule has 1 saturated carbocycles. The Balaban J connectivity index is 1.73. The fourth-order valence-electron chi connectivity index (χ4n) is 4.99. The van der Waals surface area contributed by atoms with Crippen molar-refractivity contribution in [2.24, 2.45) is 21.3 Å². The monoisotopic (exact) mass is 357 g/mol. The zero-order valence-electron chi connectivity index (χ0n) is 15.5. The lowest BCUT2D eigenvalue weighted by molar-refractivity contribution is -0.00984. The number of aliphatic imine (C=N–C) groups is 1. The van der Waals surface area contributed by atoms with E-state index in [-0.39, 0.29) is 11.0 Å². The number of amidine groups is 1. The minimum Gasteiger partial charge on any atom is -0.462 e. The van der Waals surface area contributed by atoms with Gasteiger partial charge >= 0.3 is 0 Å². The number of nitrogens with two attached hydrogens (primary N) is 1. The van der Waals surface area contributed by atoms with Gasteiger partial charge in [-0.15, -0.1) is 0 Å². The van der Waals surface area contributed by atoms with Gasteiger partial charge in [-0.3, -0.25) is 0 Å². The first-order valence-electron chi connectivity index (χ1n) is 9.42. The molecule has 140 valence electrons. The molecular formula is C20H27N3O3. The van der Waals surface area contributed by atoms with Gasteiger partial charge in [0.15, 0.2) is 0 Å². The first-order valence-corrected chi connectivity index (χ1v) is 9.42. The molecule has 6 nitrogen and oxygen atoms in total. The fourth-order valence-corrected chi connectivity index (χ4v) is 4.99. The van der Waals surface area contributed by atoms with Gasteiger partial charge in [0.25, 0.3) is 6.02 Å². The molecule has 3 aliphatic rings. The van der Waals surface area contributed by atoms with E-state index in [1.54, 1.807) is 13.3 Å². The molecule has 2 aliphatic carbocycles. The Morgan fingerprint density at radius 3 is 2.85 bits per heavy atom. The summed E-state index contributed by atoms with van der Waals surface area (Å²) in [7, 11) is 1.81. The van der Waals surface area contributed by atoms with Crippen LogP contribution in [-0.2, 0) is 26.3 Å². The van der Waals surface area contributed by atoms with Crippen LogP contribution >= 0.6 is 0 Å². The second-order valence-corrected chi connectivity index (χ2v) is 7.56. The van der Waals surface area contributed by atoms with E-state index >= 15 is 0 Å². The normalized spacial score (nSPS) is 32.8. The third-order valence-electron chi connectivity index (χ3n) is 6.34. The third kappa shape index (κ3) is 2.58. The topological polar surface area (TPSA) is 78.4 Å². The maximum Gasteiger partial charge on any atom is 0.283 e. The molecule has 1 atom stereocenters. The summed E-state index contributed by atoms with van der Waals surface area (Å²) in [4.78, 5) is 9.99. The van der Waals surface area contributed by atoms with Gasteiger partial charge in [-0.2, -0.15) is 0 Å². The summed E-state index contributed by atoms with van der Waals surface area (Å²) in [5.74, 6) is 0. The van der Waals surface area contributed by atoms with Gasteiger partial charge in [-0.1, -0.05) is 17.3 Å². The summed E-state index contributed by atoms with van der Waals surface area (Å²) < 4.78 is 11.3. The average molecular weight is 357 g/mol. The van der Waals surface area contributed by atoms with Crippen molar-refractivity contribution in [3.05, 3.63) is 34.9 Å². The number of rotatable bonds is 4. The molecular weight excluding hydrogens is 330 g/mol. The van der Waals surface area contributed by atoms with Crippen LogP contribution < -0.4 is 5.73 Å². The lowest BCUT2D eigenvalue weighted by Gasteiger charge is -2.45. The summed E-state index contributed by atoms with van der Waals surface area (Å²) in [6.07, 6.45) is 7.37. The van der Waals surface area contributed by atoms with Crippen LogP contribution in [0.25, 0.3) is 0 Å². The summed E-state index contributed by atoms with van der Waals surface area (Å²) in [6, 6.07) is 6.78. The molecule has 1 unspecified atom stereocenters. The van der Waals surface area contributed by atoms with Crippen molar-refractivity contribution in [2.45, 2.75) is 50.7 Å². The van der Waals surface area contributed by atoms with Crippen LogP contribution in [0.1, 0.15) is 49.3 Å². The molecule has 6 heteroatoms. The van der Waals surface area contributed by atoms with Gasteiger partial charge in [0.2, 0.25) is 0 Å². The predicted molar refractivity (Wildman–Crippen MR) is 100 cm³/mol. The van der Waals surface area contributed by atoms with Gasteiger partial charge in [-0.05, 0) is 61.8 Å². The van der Waals surface area contributed by atoms with E-state index in [1.165, 1.54) is 11.1 Å². The molecule has 0 bridgehead atoms. The first-order chi connectivity index (χ1) is 12.6. The van der Waals surface area contributed by atoms with Gasteiger partial charge in [0.05, 0.1) is 12.3 Å². The molecule has 1 heterocycles. The highest BCUT2D eigenvalue weighted by molar-refractivity contribution is 5.81. The highest BCUT2D eigenvalue weighted by atomic mass is 16.6. The molecule has 26 heavy (non-hydrogen) atoms. The number of nitrogens with zero attached hydrogens (tertiary/aromatic N) is 2. The van der Waals surface area contributed by atoms with Crippen LogP contribution in [0.5, 0.6) is 0 Å². The van der Waals surface area contributed by atoms with Crippen LogP contribution in [0.4, 0.5) is 0 Å². The van der Waals surface area contributed by atoms with Crippen molar-refractivity contribution in [1.29, 1.82) is 0 Å². The largest absolute Gasteiger partial charge is 0.462 e. The summed E-state index contributed by atoms with van der Waals surface area (Å²) in [5, 5.41) is 4.01. The number of hydrogen-bond acceptors (Lipinski definition) is 6. The maximum atomic E-state index is 5.98. The highest BCUT2D eigenvalue weighted by Gasteiger charge is 2.61. The van der Waals surface area contributed by atoms with Crippen LogP contribution in [0.15, 0.2) is 28.3 Å². The predicted octanol–water partition coefficient (Wildman–Crippen LogP) is 2.73. The van der Waals surface area contributed by atoms with Crippen molar-refractivity contribution >= 4 is 12.2 Å². The van der Waals surface area contributed by atoms with E-state index in [0.29, 0.717) is 25.3 Å². The van der Waals surface area contributed by atoms with E-state index in [1.807, 2.05) is 6.92 Å². The van der Waals surface area contributed by atoms with E-state index in [9.17, 15) is 0 Å². The Labute approximate surface area is 154 Å². The second kappa shape index (κ2) is 6.58. The quantitative estimate of drug-likeness (QED) is 0.664. The van der Waals surface area contributed by atoms with Crippen LogP contribution in [0, 0.1) is 5.41 Å². The summed E-state index contributed by atoms with van der Waals surface area (Å²) >= 11 is 0. The second-order valence-electron chi connectivity index (χ2n) is 7.56. The molecule has 0 radical (unpaired) electrons. The lowest BCUT2D eigenvalue weighted by atomic mass is 9.62. The Morgan fingerprint density at radius 1 is 1.38 bits per heavy atom. The van der Waals surface area contributed by atoms with Crippen molar-refractivity contribution in [1.82, 2.24) is 0 Å². The molecule has 1 aromatic carbocycles. The smallest absolute Gasteiger partial charge is 0.283 e. The van der Waals surface area contributed by atoms with Crippen molar-refractivity contribution in [2.75, 3.05) is 20.3 Å². The standard InChI is InChI=1S/C20H27N3O3/c1-3-26-22-12-14-4-5-15-11-19(8-6-16(24-2)7-9-19)20(17(15)10-14)13-25-18(21)23-20/h4-5,10,12,16H,3,6-9,11,13H2,1-2H3,(H2,21,23)/b22-12+/t16-,19-,20?. The van der Waals surface area contributed by atoms with E-state index in [2.05, 4.69) is 23.4 Å². The average Bonchev–Trinajstić information content (AvgIpc) is 3.17. The molecule has 1 aliphatic heterocycles. The lowest BCUT2D eigenvalue weighted by Crippen LogP contribution is -2.46. The van der Waals surface area contributed by atoms with Crippen molar-refractivity contribution in [3.63, 3.8) is 0 Å². The Hall–Kier alpha value is -2.08. The zero-order valence-corrected chi connectivity index (χ0v) is 15.5. The Bertz CT molecular complexity index is 738. The molecule has 1 fully saturated rings. The van der Waals surface area contributed by atoms with Crippen molar-refractivity contribution in [3.8, 4) is 0 Å². The number of methoxy groups -OCH3 is 1. The van der Waals surface area contributed by atoms with Gasteiger partial charge in [-0.25, -0.2) is 4.99 Å². The van der Waals surface area contributed by atoms with Gasteiger partial charge in [0, 0.05) is 12.5 Å². The van der Waals surface area contributed by atoms with E-state index < -0.39 is 0 Å². The minimum absolute atomic E-state index is 0.0567. The van der Waals surface area contributed by atoms with Crippen LogP contribution in [0.3, 0.4) is 0 Å². The third-order valence-corrected chi connectivity index (χ3v) is 6.34. The first kappa shape index (κ1) is 17.3. The number of fused-ring (bicyclic) bond motifs is 3. The fraction of sp³-hybridized carbons (Fsp3) is 0.600. The molecule has 0 saturated heterocycles. The Morgan fingerprint density at radius 2 is 2.19 bits per heavy atom. The molecule has 2 N–H and O–H groups in total. The number of ether oxygens (including phenoxy) is 2. The molecule has 1 aromatic rings. The summed E-state index contributed by atoms with van der Waals surface area (Å²) in [6.45, 7) is 3.00. The minimum atomic E-state index is -0.388. The molecule has 2 spiro atoms. The molecule has 0 amide bonds. The SMILES string of the molecule is CCO/N=C/c1ccc2c(c1)C1(COC(N)=N1)[C@]1(CC[C@H](OC)CC1)C2. The Kier molecular flexibility index (Phi) is 4.39. The van der Waals surface area contributed by atoms with Gasteiger partial charge < -0.3 is 20.0 Å². The van der Waals surface area contributed by atoms with Crippen LogP contribution in [0.2, 0.25) is 0 Å². The highest BCUT2D eigenvalue weighted by Crippen LogP contribution is 2.61. The number of benzene rings is 1. The van der Waals surface area contributed by atoms with Crippen LogP contribution in [-0.4, -0.2) is 38.7 Å². The molecule has 0 aromatic heterocycles. The maximum absolute atomic E-state index is 5.98. The molecule has 4 rings (SSSR count). The van der Waals surface area contributed by atoms with E-state index in [0.717, 1.165) is 37.7 Å². The van der Waals surface area contributed by atoms with E-state index in [4.69, 9.17) is 25.0 Å². The zero-order chi connectivity index (χ0) is 18.2. The number of hydrogen-bond donors (Lipinski definition) is 1. The number of oxime groups is 1. The van der Waals surface area contributed by atoms with Gasteiger partial charge in [0.1, 0.15) is 18.8 Å². The van der Waals surface area contributed by atoms with Crippen molar-refractivity contribution < 1.29 is 14.3 Å².